The van der Waals surface area contributed by atoms with Crippen LogP contribution in [0.5, 0.6) is 0 Å². The normalized spacial score (nSPS) is 18.4. The summed E-state index contributed by atoms with van der Waals surface area (Å²) in [5.74, 6) is -1.01. The molecular formula is C14H15FN4O2. The zero-order chi connectivity index (χ0) is 15.1. The highest BCUT2D eigenvalue weighted by atomic mass is 19.1. The second-order valence-electron chi connectivity index (χ2n) is 5.18. The third-order valence-corrected chi connectivity index (χ3v) is 3.84. The summed E-state index contributed by atoms with van der Waals surface area (Å²) in [6, 6.07) is 2.53. The second-order valence-corrected chi connectivity index (χ2v) is 5.18. The van der Waals surface area contributed by atoms with E-state index in [-0.39, 0.29) is 23.0 Å². The summed E-state index contributed by atoms with van der Waals surface area (Å²) in [6.45, 7) is 2.18. The summed E-state index contributed by atoms with van der Waals surface area (Å²) < 4.78 is 13.7. The highest BCUT2D eigenvalue weighted by Gasteiger charge is 2.31. The van der Waals surface area contributed by atoms with Gasteiger partial charge in [0.05, 0.1) is 11.6 Å². The van der Waals surface area contributed by atoms with Crippen LogP contribution in [0, 0.1) is 5.82 Å². The van der Waals surface area contributed by atoms with Crippen LogP contribution in [-0.4, -0.2) is 33.2 Å². The molecule has 1 aliphatic rings. The zero-order valence-corrected chi connectivity index (χ0v) is 11.5. The molecule has 1 atom stereocenters. The first-order valence-corrected chi connectivity index (χ1v) is 6.74. The van der Waals surface area contributed by atoms with Crippen molar-refractivity contribution >= 4 is 22.8 Å². The fourth-order valence-electron chi connectivity index (χ4n) is 2.89. The van der Waals surface area contributed by atoms with Crippen molar-refractivity contribution in [2.24, 2.45) is 5.73 Å². The number of amides is 2. The van der Waals surface area contributed by atoms with Gasteiger partial charge >= 0.3 is 0 Å². The number of hydrogen-bond donors (Lipinski definition) is 2. The number of benzene rings is 1. The molecule has 2 amide bonds. The maximum Gasteiger partial charge on any atom is 0.253 e. The molecule has 2 aromatic rings. The molecule has 6 nitrogen and oxygen atoms in total. The molecule has 0 bridgehead atoms. The number of imidazole rings is 1. The average molecular weight is 290 g/mol. The number of carbonyl (C=O) groups excluding carboxylic acids is 2. The minimum absolute atomic E-state index is 0.0285. The van der Waals surface area contributed by atoms with Gasteiger partial charge in [0.25, 0.3) is 5.91 Å². The van der Waals surface area contributed by atoms with Crippen molar-refractivity contribution in [1.82, 2.24) is 14.9 Å². The molecule has 110 valence electrons. The predicted molar refractivity (Wildman–Crippen MR) is 73.9 cm³/mol. The summed E-state index contributed by atoms with van der Waals surface area (Å²) in [7, 11) is 0. The number of halogens is 1. The molecule has 1 fully saturated rings. The lowest BCUT2D eigenvalue weighted by atomic mass is 10.1. The highest BCUT2D eigenvalue weighted by Crippen LogP contribution is 2.32. The molecule has 1 aromatic heterocycles. The number of hydrogen-bond acceptors (Lipinski definition) is 3. The van der Waals surface area contributed by atoms with E-state index in [1.54, 1.807) is 4.90 Å². The molecule has 0 spiro atoms. The SMILES string of the molecule is CC(=O)N1CCCC1c1nc2c(C(N)=O)c(F)ccc2[nH]1. The number of nitrogens with two attached hydrogens (primary N) is 1. The Labute approximate surface area is 120 Å². The van der Waals surface area contributed by atoms with Crippen LogP contribution in [0.15, 0.2) is 12.1 Å². The van der Waals surface area contributed by atoms with Crippen molar-refractivity contribution in [3.63, 3.8) is 0 Å². The van der Waals surface area contributed by atoms with Gasteiger partial charge < -0.3 is 15.6 Å². The number of aromatic amines is 1. The van der Waals surface area contributed by atoms with E-state index in [2.05, 4.69) is 9.97 Å². The minimum Gasteiger partial charge on any atom is -0.365 e. The van der Waals surface area contributed by atoms with Crippen LogP contribution in [0.1, 0.15) is 42.0 Å². The van der Waals surface area contributed by atoms with Crippen molar-refractivity contribution in [1.29, 1.82) is 0 Å². The summed E-state index contributed by atoms with van der Waals surface area (Å²) in [6.07, 6.45) is 1.67. The minimum atomic E-state index is -0.856. The van der Waals surface area contributed by atoms with Crippen molar-refractivity contribution < 1.29 is 14.0 Å². The highest BCUT2D eigenvalue weighted by molar-refractivity contribution is 6.04. The third kappa shape index (κ3) is 2.14. The predicted octanol–water partition coefficient (Wildman–Crippen LogP) is 1.48. The van der Waals surface area contributed by atoms with Crippen LogP contribution >= 0.6 is 0 Å². The Morgan fingerprint density at radius 1 is 1.48 bits per heavy atom. The molecule has 1 unspecified atom stereocenters. The van der Waals surface area contributed by atoms with Crippen molar-refractivity contribution in [2.75, 3.05) is 6.54 Å². The molecule has 3 N–H and O–H groups in total. The molecule has 21 heavy (non-hydrogen) atoms. The summed E-state index contributed by atoms with van der Waals surface area (Å²) in [5.41, 5.74) is 5.75. The van der Waals surface area contributed by atoms with Gasteiger partial charge in [-0.05, 0) is 25.0 Å². The Balaban J connectivity index is 2.11. The number of rotatable bonds is 2. The van der Waals surface area contributed by atoms with E-state index < -0.39 is 11.7 Å². The van der Waals surface area contributed by atoms with Crippen molar-refractivity contribution in [2.45, 2.75) is 25.8 Å². The van der Waals surface area contributed by atoms with Gasteiger partial charge in [-0.1, -0.05) is 0 Å². The van der Waals surface area contributed by atoms with Gasteiger partial charge in [0.15, 0.2) is 0 Å². The van der Waals surface area contributed by atoms with Crippen LogP contribution in [0.2, 0.25) is 0 Å². The van der Waals surface area contributed by atoms with Crippen LogP contribution < -0.4 is 5.73 Å². The molecule has 2 heterocycles. The van der Waals surface area contributed by atoms with Crippen LogP contribution in [0.3, 0.4) is 0 Å². The van der Waals surface area contributed by atoms with Crippen LogP contribution in [-0.2, 0) is 4.79 Å². The number of carbonyl (C=O) groups is 2. The fraction of sp³-hybridized carbons (Fsp3) is 0.357. The first kappa shape index (κ1) is 13.5. The molecule has 0 saturated carbocycles. The Bertz CT molecular complexity index is 740. The van der Waals surface area contributed by atoms with Crippen LogP contribution in [0.4, 0.5) is 4.39 Å². The Hall–Kier alpha value is -2.44. The Morgan fingerprint density at radius 3 is 2.90 bits per heavy atom. The average Bonchev–Trinajstić information content (AvgIpc) is 3.03. The lowest BCUT2D eigenvalue weighted by Gasteiger charge is -2.21. The first-order valence-electron chi connectivity index (χ1n) is 6.74. The third-order valence-electron chi connectivity index (χ3n) is 3.84. The van der Waals surface area contributed by atoms with Gasteiger partial charge in [-0.15, -0.1) is 0 Å². The van der Waals surface area contributed by atoms with Gasteiger partial charge in [-0.25, -0.2) is 9.37 Å². The second kappa shape index (κ2) is 4.83. The summed E-state index contributed by atoms with van der Waals surface area (Å²) in [5, 5.41) is 0. The van der Waals surface area contributed by atoms with E-state index in [1.807, 2.05) is 0 Å². The fourth-order valence-corrected chi connectivity index (χ4v) is 2.89. The molecule has 7 heteroatoms. The lowest BCUT2D eigenvalue weighted by molar-refractivity contribution is -0.129. The van der Waals surface area contributed by atoms with E-state index in [1.165, 1.54) is 19.1 Å². The smallest absolute Gasteiger partial charge is 0.253 e. The van der Waals surface area contributed by atoms with E-state index in [4.69, 9.17) is 5.73 Å². The lowest BCUT2D eigenvalue weighted by Crippen LogP contribution is -2.28. The standard InChI is InChI=1S/C14H15FN4O2/c1-7(20)19-6-2-3-10(19)14-17-9-5-4-8(15)11(13(16)21)12(9)18-14/h4-5,10H,2-3,6H2,1H3,(H2,16,21)(H,17,18). The van der Waals surface area contributed by atoms with Gasteiger partial charge in [0.1, 0.15) is 22.7 Å². The van der Waals surface area contributed by atoms with Gasteiger partial charge in [0, 0.05) is 13.5 Å². The van der Waals surface area contributed by atoms with Crippen molar-refractivity contribution in [3.05, 3.63) is 29.3 Å². The zero-order valence-electron chi connectivity index (χ0n) is 11.5. The van der Waals surface area contributed by atoms with E-state index in [0.717, 1.165) is 12.8 Å². The van der Waals surface area contributed by atoms with E-state index in [0.29, 0.717) is 17.9 Å². The topological polar surface area (TPSA) is 92.1 Å². The molecule has 1 aromatic carbocycles. The molecular weight excluding hydrogens is 275 g/mol. The first-order chi connectivity index (χ1) is 9.99. The molecule has 3 rings (SSSR count). The molecule has 0 aliphatic carbocycles. The van der Waals surface area contributed by atoms with E-state index in [9.17, 15) is 14.0 Å². The van der Waals surface area contributed by atoms with Crippen LogP contribution in [0.25, 0.3) is 11.0 Å². The number of fused-ring (bicyclic) bond motifs is 1. The monoisotopic (exact) mass is 290 g/mol. The van der Waals surface area contributed by atoms with Gasteiger partial charge in [-0.3, -0.25) is 9.59 Å². The number of primary amides is 1. The van der Waals surface area contributed by atoms with E-state index >= 15 is 0 Å². The number of H-pyrrole nitrogens is 1. The summed E-state index contributed by atoms with van der Waals surface area (Å²) in [4.78, 5) is 32.1. The summed E-state index contributed by atoms with van der Waals surface area (Å²) >= 11 is 0. The van der Waals surface area contributed by atoms with Gasteiger partial charge in [0.2, 0.25) is 5.91 Å². The number of nitrogens with zero attached hydrogens (tertiary/aromatic N) is 2. The Kier molecular flexibility index (Phi) is 3.12. The quantitative estimate of drug-likeness (QED) is 0.877. The molecule has 1 saturated heterocycles. The van der Waals surface area contributed by atoms with Crippen molar-refractivity contribution in [3.8, 4) is 0 Å². The molecule has 0 radical (unpaired) electrons. The number of aromatic nitrogens is 2. The largest absolute Gasteiger partial charge is 0.365 e. The van der Waals surface area contributed by atoms with Gasteiger partial charge in [-0.2, -0.15) is 0 Å². The molecule has 1 aliphatic heterocycles. The maximum absolute atomic E-state index is 13.7. The Morgan fingerprint density at radius 2 is 2.24 bits per heavy atom. The number of nitrogens with one attached hydrogen (secondary N) is 1. The maximum atomic E-state index is 13.7. The number of likely N-dealkylation sites (tertiary alicyclic amines) is 1.